The quantitative estimate of drug-likeness (QED) is 0.668. The summed E-state index contributed by atoms with van der Waals surface area (Å²) < 4.78 is 1.97. The number of benzene rings is 1. The number of nitrogens with two attached hydrogens (primary N) is 1. The number of amides is 2. The summed E-state index contributed by atoms with van der Waals surface area (Å²) in [6, 6.07) is 7.46. The third kappa shape index (κ3) is 2.74. The second-order valence-electron chi connectivity index (χ2n) is 4.33. The van der Waals surface area contributed by atoms with Crippen molar-refractivity contribution in [2.75, 3.05) is 6.54 Å². The molecule has 2 rings (SSSR count). The number of nitrogens with one attached hydrogen (secondary N) is 1. The topological polar surface area (TPSA) is 97.3 Å². The number of hydrogen-bond donors (Lipinski definition) is 3. The predicted molar refractivity (Wildman–Crippen MR) is 70.1 cm³/mol. The molecule has 4 N–H and O–H groups in total. The number of carbonyl (C=O) groups excluding carboxylic acids is 2. The Labute approximate surface area is 109 Å². The Bertz CT molecular complexity index is 633. The van der Waals surface area contributed by atoms with Crippen LogP contribution in [0.25, 0.3) is 10.9 Å². The first-order valence-electron chi connectivity index (χ1n) is 5.79. The molecule has 0 aliphatic rings. The van der Waals surface area contributed by atoms with Gasteiger partial charge in [0.1, 0.15) is 0 Å². The highest BCUT2D eigenvalue weighted by Gasteiger charge is 2.13. The van der Waals surface area contributed by atoms with E-state index < -0.39 is 17.9 Å². The summed E-state index contributed by atoms with van der Waals surface area (Å²) in [6.45, 7) is -0.0554. The third-order valence-corrected chi connectivity index (χ3v) is 2.97. The standard InChI is InChI=1S/C13H15N3O3/c1-16-5-4-8-6-9(2-3-10(8)16)11(17)7-15-13(19)12(14)18/h2-6,11,17H,7H2,1H3,(H2,14,18)(H,15,19). The summed E-state index contributed by atoms with van der Waals surface area (Å²) in [6.07, 6.45) is 1.04. The van der Waals surface area contributed by atoms with Crippen molar-refractivity contribution in [1.29, 1.82) is 0 Å². The summed E-state index contributed by atoms with van der Waals surface area (Å²) in [4.78, 5) is 21.5. The van der Waals surface area contributed by atoms with E-state index in [1.165, 1.54) is 0 Å². The molecule has 1 aromatic carbocycles. The van der Waals surface area contributed by atoms with Gasteiger partial charge in [-0.05, 0) is 29.1 Å². The van der Waals surface area contributed by atoms with E-state index in [1.807, 2.05) is 36.0 Å². The zero-order chi connectivity index (χ0) is 14.0. The Balaban J connectivity index is 2.10. The molecule has 6 nitrogen and oxygen atoms in total. The van der Waals surface area contributed by atoms with Crippen molar-refractivity contribution in [3.05, 3.63) is 36.0 Å². The molecular weight excluding hydrogens is 246 g/mol. The van der Waals surface area contributed by atoms with E-state index in [1.54, 1.807) is 6.07 Å². The van der Waals surface area contributed by atoms with Gasteiger partial charge >= 0.3 is 11.8 Å². The van der Waals surface area contributed by atoms with Crippen molar-refractivity contribution in [2.45, 2.75) is 6.10 Å². The number of nitrogens with zero attached hydrogens (tertiary/aromatic N) is 1. The van der Waals surface area contributed by atoms with E-state index >= 15 is 0 Å². The van der Waals surface area contributed by atoms with E-state index in [0.29, 0.717) is 5.56 Å². The number of aliphatic hydroxyl groups excluding tert-OH is 1. The van der Waals surface area contributed by atoms with Gasteiger partial charge in [0.25, 0.3) is 0 Å². The number of rotatable bonds is 3. The molecular formula is C13H15N3O3. The van der Waals surface area contributed by atoms with Crippen LogP contribution in [0.2, 0.25) is 0 Å². The molecule has 1 aromatic heterocycles. The summed E-state index contributed by atoms with van der Waals surface area (Å²) in [7, 11) is 1.94. The number of aliphatic hydroxyl groups is 1. The van der Waals surface area contributed by atoms with E-state index in [0.717, 1.165) is 10.9 Å². The average Bonchev–Trinajstić information content (AvgIpc) is 2.76. The molecule has 6 heteroatoms. The lowest BCUT2D eigenvalue weighted by Crippen LogP contribution is -2.38. The fourth-order valence-electron chi connectivity index (χ4n) is 1.90. The van der Waals surface area contributed by atoms with Gasteiger partial charge in [-0.3, -0.25) is 9.59 Å². The van der Waals surface area contributed by atoms with Gasteiger partial charge in [-0.1, -0.05) is 6.07 Å². The summed E-state index contributed by atoms with van der Waals surface area (Å²) in [5.74, 6) is -1.97. The lowest BCUT2D eigenvalue weighted by atomic mass is 10.1. The molecule has 0 saturated heterocycles. The molecule has 19 heavy (non-hydrogen) atoms. The molecule has 2 amide bonds. The minimum Gasteiger partial charge on any atom is -0.387 e. The van der Waals surface area contributed by atoms with Crippen LogP contribution in [0.4, 0.5) is 0 Å². The number of aromatic nitrogens is 1. The van der Waals surface area contributed by atoms with Gasteiger partial charge in [-0.15, -0.1) is 0 Å². The van der Waals surface area contributed by atoms with Crippen molar-refractivity contribution >= 4 is 22.7 Å². The highest BCUT2D eigenvalue weighted by Crippen LogP contribution is 2.20. The van der Waals surface area contributed by atoms with Gasteiger partial charge in [0.15, 0.2) is 0 Å². The Morgan fingerprint density at radius 1 is 1.42 bits per heavy atom. The SMILES string of the molecule is Cn1ccc2cc(C(O)CNC(=O)C(N)=O)ccc21. The van der Waals surface area contributed by atoms with Gasteiger partial charge in [0.05, 0.1) is 6.10 Å². The van der Waals surface area contributed by atoms with Crippen LogP contribution in [0.1, 0.15) is 11.7 Å². The van der Waals surface area contributed by atoms with Crippen LogP contribution in [0.5, 0.6) is 0 Å². The van der Waals surface area contributed by atoms with Crippen LogP contribution in [-0.4, -0.2) is 28.0 Å². The van der Waals surface area contributed by atoms with E-state index in [-0.39, 0.29) is 6.54 Å². The fraction of sp³-hybridized carbons (Fsp3) is 0.231. The molecule has 100 valence electrons. The number of hydrogen-bond acceptors (Lipinski definition) is 3. The van der Waals surface area contributed by atoms with Crippen molar-refractivity contribution in [2.24, 2.45) is 12.8 Å². The molecule has 0 aliphatic carbocycles. The first kappa shape index (κ1) is 13.1. The summed E-state index contributed by atoms with van der Waals surface area (Å²) in [5.41, 5.74) is 6.53. The Morgan fingerprint density at radius 3 is 2.84 bits per heavy atom. The normalized spacial score (nSPS) is 12.3. The first-order chi connectivity index (χ1) is 8.99. The molecule has 0 aliphatic heterocycles. The van der Waals surface area contributed by atoms with Crippen LogP contribution >= 0.6 is 0 Å². The monoisotopic (exact) mass is 261 g/mol. The van der Waals surface area contributed by atoms with Crippen LogP contribution < -0.4 is 11.1 Å². The third-order valence-electron chi connectivity index (χ3n) is 2.97. The maximum Gasteiger partial charge on any atom is 0.309 e. The summed E-state index contributed by atoms with van der Waals surface area (Å²) >= 11 is 0. The lowest BCUT2D eigenvalue weighted by molar-refractivity contribution is -0.137. The molecule has 0 fully saturated rings. The van der Waals surface area contributed by atoms with Crippen molar-refractivity contribution < 1.29 is 14.7 Å². The number of aryl methyl sites for hydroxylation is 1. The fourth-order valence-corrected chi connectivity index (χ4v) is 1.90. The molecule has 0 spiro atoms. The van der Waals surface area contributed by atoms with Gasteiger partial charge < -0.3 is 20.7 Å². The average molecular weight is 261 g/mol. The predicted octanol–water partition coefficient (Wildman–Crippen LogP) is -0.187. The van der Waals surface area contributed by atoms with Gasteiger partial charge in [0.2, 0.25) is 0 Å². The molecule has 0 radical (unpaired) electrons. The highest BCUT2D eigenvalue weighted by atomic mass is 16.3. The molecule has 0 saturated carbocycles. The van der Waals surface area contributed by atoms with Gasteiger partial charge in [-0.2, -0.15) is 0 Å². The van der Waals surface area contributed by atoms with Crippen LogP contribution in [0, 0.1) is 0 Å². The van der Waals surface area contributed by atoms with Crippen LogP contribution in [0.3, 0.4) is 0 Å². The molecule has 0 bridgehead atoms. The van der Waals surface area contributed by atoms with Crippen molar-refractivity contribution in [1.82, 2.24) is 9.88 Å². The Morgan fingerprint density at radius 2 is 2.16 bits per heavy atom. The summed E-state index contributed by atoms with van der Waals surface area (Å²) in [5, 5.41) is 13.2. The largest absolute Gasteiger partial charge is 0.387 e. The van der Waals surface area contributed by atoms with Crippen LogP contribution in [-0.2, 0) is 16.6 Å². The number of fused-ring (bicyclic) bond motifs is 1. The molecule has 2 aromatic rings. The van der Waals surface area contributed by atoms with Gasteiger partial charge in [-0.25, -0.2) is 0 Å². The Hall–Kier alpha value is -2.34. The van der Waals surface area contributed by atoms with Crippen molar-refractivity contribution in [3.8, 4) is 0 Å². The zero-order valence-electron chi connectivity index (χ0n) is 10.5. The maximum atomic E-state index is 11.0. The van der Waals surface area contributed by atoms with Crippen molar-refractivity contribution in [3.63, 3.8) is 0 Å². The Kier molecular flexibility index (Phi) is 3.52. The zero-order valence-corrected chi connectivity index (χ0v) is 10.5. The molecule has 1 atom stereocenters. The smallest absolute Gasteiger partial charge is 0.309 e. The van der Waals surface area contributed by atoms with Crippen LogP contribution in [0.15, 0.2) is 30.5 Å². The molecule has 1 unspecified atom stereocenters. The van der Waals surface area contributed by atoms with E-state index in [9.17, 15) is 14.7 Å². The second-order valence-corrected chi connectivity index (χ2v) is 4.33. The lowest BCUT2D eigenvalue weighted by Gasteiger charge is -2.11. The number of primary amides is 1. The minimum atomic E-state index is -1.06. The minimum absolute atomic E-state index is 0.0554. The van der Waals surface area contributed by atoms with E-state index in [2.05, 4.69) is 5.32 Å². The number of carbonyl (C=O) groups is 2. The highest BCUT2D eigenvalue weighted by molar-refractivity contribution is 6.34. The first-order valence-corrected chi connectivity index (χ1v) is 5.79. The molecule has 1 heterocycles. The maximum absolute atomic E-state index is 11.0. The van der Waals surface area contributed by atoms with Gasteiger partial charge in [0, 0.05) is 25.3 Å². The van der Waals surface area contributed by atoms with E-state index in [4.69, 9.17) is 5.73 Å². The second kappa shape index (κ2) is 5.11.